The third kappa shape index (κ3) is 2.69. The maximum absolute atomic E-state index is 12.3. The molecule has 2 aromatic rings. The molecule has 0 fully saturated rings. The molecule has 0 aromatic carbocycles. The Labute approximate surface area is 120 Å². The first-order chi connectivity index (χ1) is 8.43. The van der Waals surface area contributed by atoms with Crippen molar-refractivity contribution in [2.75, 3.05) is 5.33 Å². The highest BCUT2D eigenvalue weighted by molar-refractivity contribution is 9.09. The first-order valence-electron chi connectivity index (χ1n) is 6.06. The Kier molecular flexibility index (Phi) is 3.97. The van der Waals surface area contributed by atoms with Crippen LogP contribution in [0.2, 0.25) is 0 Å². The molecule has 0 saturated heterocycles. The number of rotatable bonds is 3. The van der Waals surface area contributed by atoms with Gasteiger partial charge in [-0.25, -0.2) is 0 Å². The molecule has 0 N–H and O–H groups in total. The van der Waals surface area contributed by atoms with Gasteiger partial charge in [0.25, 0.3) is 5.56 Å². The minimum Gasteiger partial charge on any atom is -0.315 e. The zero-order valence-electron chi connectivity index (χ0n) is 10.9. The highest BCUT2D eigenvalue weighted by Crippen LogP contribution is 2.28. The summed E-state index contributed by atoms with van der Waals surface area (Å²) in [4.78, 5) is 12.3. The van der Waals surface area contributed by atoms with Crippen LogP contribution in [0.15, 0.2) is 28.5 Å². The van der Waals surface area contributed by atoms with Crippen LogP contribution in [0.4, 0.5) is 0 Å². The Morgan fingerprint density at radius 1 is 1.39 bits per heavy atom. The molecular formula is C14H18BrNOS. The predicted octanol–water partition coefficient (Wildman–Crippen LogP) is 4.12. The van der Waals surface area contributed by atoms with E-state index in [1.165, 1.54) is 0 Å². The monoisotopic (exact) mass is 327 g/mol. The number of hydrogen-bond donors (Lipinski definition) is 0. The van der Waals surface area contributed by atoms with Crippen molar-refractivity contribution in [3.63, 3.8) is 0 Å². The molecule has 0 radical (unpaired) electrons. The summed E-state index contributed by atoms with van der Waals surface area (Å²) in [6, 6.07) is 3.95. The van der Waals surface area contributed by atoms with Gasteiger partial charge in [0.05, 0.1) is 5.39 Å². The smallest absolute Gasteiger partial charge is 0.259 e. The van der Waals surface area contributed by atoms with Crippen molar-refractivity contribution in [1.82, 2.24) is 4.57 Å². The van der Waals surface area contributed by atoms with Gasteiger partial charge in [-0.1, -0.05) is 36.7 Å². The van der Waals surface area contributed by atoms with E-state index in [0.29, 0.717) is 5.92 Å². The van der Waals surface area contributed by atoms with Crippen LogP contribution >= 0.6 is 27.3 Å². The topological polar surface area (TPSA) is 22.0 Å². The fourth-order valence-corrected chi connectivity index (χ4v) is 3.89. The van der Waals surface area contributed by atoms with Gasteiger partial charge in [-0.15, -0.1) is 11.3 Å². The largest absolute Gasteiger partial charge is 0.315 e. The van der Waals surface area contributed by atoms with Gasteiger partial charge in [0.15, 0.2) is 0 Å². The van der Waals surface area contributed by atoms with Crippen molar-refractivity contribution in [2.24, 2.45) is 11.3 Å². The van der Waals surface area contributed by atoms with E-state index < -0.39 is 0 Å². The summed E-state index contributed by atoms with van der Waals surface area (Å²) in [6.07, 6.45) is 1.92. The van der Waals surface area contributed by atoms with Gasteiger partial charge in [0.1, 0.15) is 0 Å². The zero-order chi connectivity index (χ0) is 13.3. The average Bonchev–Trinajstić information content (AvgIpc) is 2.75. The van der Waals surface area contributed by atoms with Crippen LogP contribution in [0.25, 0.3) is 10.1 Å². The third-order valence-corrected chi connectivity index (χ3v) is 5.08. The van der Waals surface area contributed by atoms with E-state index in [9.17, 15) is 4.79 Å². The Hall–Kier alpha value is -0.610. The molecule has 2 rings (SSSR count). The van der Waals surface area contributed by atoms with Crippen LogP contribution in [0.5, 0.6) is 0 Å². The summed E-state index contributed by atoms with van der Waals surface area (Å²) in [5.41, 5.74) is 0.316. The quantitative estimate of drug-likeness (QED) is 0.777. The van der Waals surface area contributed by atoms with Crippen LogP contribution in [0.3, 0.4) is 0 Å². The Balaban J connectivity index is 2.37. The highest BCUT2D eigenvalue weighted by Gasteiger charge is 2.24. The van der Waals surface area contributed by atoms with Gasteiger partial charge in [-0.2, -0.15) is 0 Å². The first kappa shape index (κ1) is 13.8. The molecule has 1 unspecified atom stereocenters. The molecule has 0 aliphatic carbocycles. The summed E-state index contributed by atoms with van der Waals surface area (Å²) in [5.74, 6) is 0.436. The standard InChI is InChI=1S/C14H18BrNOS/c1-14(2,3)10(8-15)9-16-6-4-12-11(13(16)17)5-7-18-12/h4-7,10H,8-9H2,1-3H3. The number of fused-ring (bicyclic) bond motifs is 1. The van der Waals surface area contributed by atoms with Crippen LogP contribution in [-0.2, 0) is 6.54 Å². The summed E-state index contributed by atoms with van der Waals surface area (Å²) in [6.45, 7) is 7.41. The molecule has 2 aromatic heterocycles. The minimum absolute atomic E-state index is 0.129. The number of alkyl halides is 1. The maximum Gasteiger partial charge on any atom is 0.259 e. The number of thiophene rings is 1. The Morgan fingerprint density at radius 2 is 2.11 bits per heavy atom. The second kappa shape index (κ2) is 5.17. The second-order valence-electron chi connectivity index (χ2n) is 5.69. The molecular weight excluding hydrogens is 310 g/mol. The van der Waals surface area contributed by atoms with Crippen molar-refractivity contribution < 1.29 is 0 Å². The fourth-order valence-electron chi connectivity index (χ4n) is 1.94. The minimum atomic E-state index is 0.129. The average molecular weight is 328 g/mol. The number of pyridine rings is 1. The summed E-state index contributed by atoms with van der Waals surface area (Å²) in [7, 11) is 0. The molecule has 0 saturated carbocycles. The van der Waals surface area contributed by atoms with E-state index in [4.69, 9.17) is 0 Å². The van der Waals surface area contributed by atoms with E-state index >= 15 is 0 Å². The van der Waals surface area contributed by atoms with Crippen molar-refractivity contribution in [3.8, 4) is 0 Å². The van der Waals surface area contributed by atoms with E-state index in [1.807, 2.05) is 28.3 Å². The van der Waals surface area contributed by atoms with Gasteiger partial charge in [-0.3, -0.25) is 4.79 Å². The number of nitrogens with zero attached hydrogens (tertiary/aromatic N) is 1. The molecule has 0 aliphatic heterocycles. The zero-order valence-corrected chi connectivity index (χ0v) is 13.3. The van der Waals surface area contributed by atoms with Crippen molar-refractivity contribution in [1.29, 1.82) is 0 Å². The lowest BCUT2D eigenvalue weighted by Crippen LogP contribution is -2.31. The number of aromatic nitrogens is 1. The molecule has 1 atom stereocenters. The van der Waals surface area contributed by atoms with Crippen LogP contribution in [0.1, 0.15) is 20.8 Å². The Morgan fingerprint density at radius 3 is 2.72 bits per heavy atom. The SMILES string of the molecule is CC(C)(C)C(CBr)Cn1ccc2sccc2c1=O. The second-order valence-corrected chi connectivity index (χ2v) is 7.28. The molecule has 98 valence electrons. The molecule has 4 heteroatoms. The first-order valence-corrected chi connectivity index (χ1v) is 8.06. The predicted molar refractivity (Wildman–Crippen MR) is 82.8 cm³/mol. The molecule has 2 heterocycles. The third-order valence-electron chi connectivity index (χ3n) is 3.42. The number of halogens is 1. The molecule has 0 spiro atoms. The van der Waals surface area contributed by atoms with Gasteiger partial charge in [0, 0.05) is 22.8 Å². The summed E-state index contributed by atoms with van der Waals surface area (Å²) in [5, 5.41) is 3.72. The summed E-state index contributed by atoms with van der Waals surface area (Å²) < 4.78 is 2.91. The van der Waals surface area contributed by atoms with Crippen LogP contribution < -0.4 is 5.56 Å². The fraction of sp³-hybridized carbons (Fsp3) is 0.500. The lowest BCUT2D eigenvalue weighted by Gasteiger charge is -2.29. The van der Waals surface area contributed by atoms with E-state index in [-0.39, 0.29) is 11.0 Å². The van der Waals surface area contributed by atoms with E-state index in [0.717, 1.165) is 22.0 Å². The van der Waals surface area contributed by atoms with Gasteiger partial charge < -0.3 is 4.57 Å². The van der Waals surface area contributed by atoms with Crippen LogP contribution in [-0.4, -0.2) is 9.90 Å². The van der Waals surface area contributed by atoms with Gasteiger partial charge >= 0.3 is 0 Å². The van der Waals surface area contributed by atoms with Crippen molar-refractivity contribution >= 4 is 37.4 Å². The lowest BCUT2D eigenvalue weighted by molar-refractivity contribution is 0.237. The number of hydrogen-bond acceptors (Lipinski definition) is 2. The molecule has 0 aliphatic rings. The normalized spacial score (nSPS) is 14.0. The van der Waals surface area contributed by atoms with Crippen molar-refractivity contribution in [3.05, 3.63) is 34.1 Å². The molecule has 0 amide bonds. The van der Waals surface area contributed by atoms with Crippen LogP contribution in [0, 0.1) is 11.3 Å². The summed E-state index contributed by atoms with van der Waals surface area (Å²) >= 11 is 5.18. The lowest BCUT2D eigenvalue weighted by atomic mass is 9.82. The molecule has 18 heavy (non-hydrogen) atoms. The van der Waals surface area contributed by atoms with Gasteiger partial charge in [-0.05, 0) is 28.8 Å². The Bertz CT molecular complexity index is 594. The van der Waals surface area contributed by atoms with Crippen molar-refractivity contribution in [2.45, 2.75) is 27.3 Å². The highest BCUT2D eigenvalue weighted by atomic mass is 79.9. The molecule has 0 bridgehead atoms. The van der Waals surface area contributed by atoms with Gasteiger partial charge in [0.2, 0.25) is 0 Å². The maximum atomic E-state index is 12.3. The van der Waals surface area contributed by atoms with E-state index in [2.05, 4.69) is 36.7 Å². The van der Waals surface area contributed by atoms with E-state index in [1.54, 1.807) is 11.3 Å². The molecule has 2 nitrogen and oxygen atoms in total.